The van der Waals surface area contributed by atoms with Crippen LogP contribution in [0.1, 0.15) is 10.5 Å². The Kier molecular flexibility index (Phi) is 3.25. The molecule has 70 valence electrons. The van der Waals surface area contributed by atoms with E-state index in [0.717, 1.165) is 4.47 Å². The number of nitrogens with one attached hydrogen (secondary N) is 1. The summed E-state index contributed by atoms with van der Waals surface area (Å²) >= 11 is 3.25. The maximum absolute atomic E-state index is 11.2. The number of anilines is 1. The minimum Gasteiger partial charge on any atom is -0.464 e. The van der Waals surface area contributed by atoms with E-state index in [1.54, 1.807) is 19.3 Å². The summed E-state index contributed by atoms with van der Waals surface area (Å²) < 4.78 is 5.37. The van der Waals surface area contributed by atoms with Crippen molar-refractivity contribution < 1.29 is 9.53 Å². The van der Waals surface area contributed by atoms with E-state index in [4.69, 9.17) is 0 Å². The topological polar surface area (TPSA) is 51.2 Å². The Morgan fingerprint density at radius 3 is 2.92 bits per heavy atom. The van der Waals surface area contributed by atoms with Gasteiger partial charge in [-0.15, -0.1) is 0 Å². The number of rotatable bonds is 2. The Hall–Kier alpha value is -1.10. The molecule has 1 aromatic heterocycles. The van der Waals surface area contributed by atoms with Crippen LogP contribution in [0.2, 0.25) is 0 Å². The standard InChI is InChI=1S/C8H9BrN2O2/c1-10-6-3-5(9)4-11-7(6)8(12)13-2/h3-4,10H,1-2H3. The van der Waals surface area contributed by atoms with Gasteiger partial charge in [-0.25, -0.2) is 9.78 Å². The highest BCUT2D eigenvalue weighted by molar-refractivity contribution is 9.10. The third-order valence-electron chi connectivity index (χ3n) is 1.50. The normalized spacial score (nSPS) is 9.46. The lowest BCUT2D eigenvalue weighted by Gasteiger charge is -2.05. The third kappa shape index (κ3) is 2.18. The quantitative estimate of drug-likeness (QED) is 0.805. The number of ether oxygens (including phenoxy) is 1. The number of hydrogen-bond donors (Lipinski definition) is 1. The van der Waals surface area contributed by atoms with Gasteiger partial charge in [0.2, 0.25) is 0 Å². The van der Waals surface area contributed by atoms with Crippen molar-refractivity contribution in [1.82, 2.24) is 4.98 Å². The number of carbonyl (C=O) groups excluding carboxylic acids is 1. The molecule has 0 aliphatic carbocycles. The third-order valence-corrected chi connectivity index (χ3v) is 1.94. The maximum Gasteiger partial charge on any atom is 0.358 e. The fraction of sp³-hybridized carbons (Fsp3) is 0.250. The fourth-order valence-electron chi connectivity index (χ4n) is 0.889. The second kappa shape index (κ2) is 4.23. The molecule has 4 nitrogen and oxygen atoms in total. The van der Waals surface area contributed by atoms with Crippen LogP contribution in [0.4, 0.5) is 5.69 Å². The molecule has 0 aliphatic rings. The number of methoxy groups -OCH3 is 1. The zero-order valence-corrected chi connectivity index (χ0v) is 8.88. The molecule has 0 bridgehead atoms. The van der Waals surface area contributed by atoms with Gasteiger partial charge in [0.05, 0.1) is 12.8 Å². The van der Waals surface area contributed by atoms with Crippen molar-refractivity contribution in [1.29, 1.82) is 0 Å². The zero-order chi connectivity index (χ0) is 9.84. The number of nitrogens with zero attached hydrogens (tertiary/aromatic N) is 1. The van der Waals surface area contributed by atoms with Gasteiger partial charge < -0.3 is 10.1 Å². The highest BCUT2D eigenvalue weighted by atomic mass is 79.9. The molecule has 0 amide bonds. The predicted molar refractivity (Wildman–Crippen MR) is 52.8 cm³/mol. The first-order chi connectivity index (χ1) is 6.19. The van der Waals surface area contributed by atoms with Crippen LogP contribution >= 0.6 is 15.9 Å². The van der Waals surface area contributed by atoms with Crippen LogP contribution in [0.5, 0.6) is 0 Å². The molecule has 5 heteroatoms. The van der Waals surface area contributed by atoms with E-state index in [2.05, 4.69) is 31.0 Å². The first-order valence-corrected chi connectivity index (χ1v) is 4.40. The number of hydrogen-bond acceptors (Lipinski definition) is 4. The molecule has 13 heavy (non-hydrogen) atoms. The minimum atomic E-state index is -0.447. The van der Waals surface area contributed by atoms with E-state index in [1.165, 1.54) is 7.11 Å². The summed E-state index contributed by atoms with van der Waals surface area (Å²) in [7, 11) is 3.04. The second-order valence-corrected chi connectivity index (χ2v) is 3.21. The Balaban J connectivity index is 3.13. The van der Waals surface area contributed by atoms with Crippen LogP contribution in [-0.2, 0) is 4.74 Å². The predicted octanol–water partition coefficient (Wildman–Crippen LogP) is 1.67. The average molecular weight is 245 g/mol. The molecule has 0 atom stereocenters. The van der Waals surface area contributed by atoms with Crippen LogP contribution in [0, 0.1) is 0 Å². The number of aromatic nitrogens is 1. The monoisotopic (exact) mass is 244 g/mol. The molecule has 0 aromatic carbocycles. The molecule has 0 spiro atoms. The molecule has 0 radical (unpaired) electrons. The summed E-state index contributed by atoms with van der Waals surface area (Å²) in [6.45, 7) is 0. The number of carbonyl (C=O) groups is 1. The van der Waals surface area contributed by atoms with Crippen molar-refractivity contribution in [2.24, 2.45) is 0 Å². The lowest BCUT2D eigenvalue weighted by Crippen LogP contribution is -2.08. The van der Waals surface area contributed by atoms with Crippen molar-refractivity contribution >= 4 is 27.6 Å². The van der Waals surface area contributed by atoms with Gasteiger partial charge in [-0.2, -0.15) is 0 Å². The molecular formula is C8H9BrN2O2. The van der Waals surface area contributed by atoms with Gasteiger partial charge in [-0.05, 0) is 22.0 Å². The van der Waals surface area contributed by atoms with E-state index in [0.29, 0.717) is 5.69 Å². The van der Waals surface area contributed by atoms with Gasteiger partial charge in [0.15, 0.2) is 5.69 Å². The van der Waals surface area contributed by atoms with Crippen LogP contribution < -0.4 is 5.32 Å². The maximum atomic E-state index is 11.2. The number of halogens is 1. The zero-order valence-electron chi connectivity index (χ0n) is 7.30. The first-order valence-electron chi connectivity index (χ1n) is 3.60. The van der Waals surface area contributed by atoms with Gasteiger partial charge in [-0.3, -0.25) is 0 Å². The molecular weight excluding hydrogens is 236 g/mol. The lowest BCUT2D eigenvalue weighted by molar-refractivity contribution is 0.0595. The van der Waals surface area contributed by atoms with Crippen molar-refractivity contribution in [3.8, 4) is 0 Å². The molecule has 0 aliphatic heterocycles. The van der Waals surface area contributed by atoms with Crippen molar-refractivity contribution in [3.05, 3.63) is 22.4 Å². The number of esters is 1. The van der Waals surface area contributed by atoms with Crippen molar-refractivity contribution in [3.63, 3.8) is 0 Å². The first kappa shape index (κ1) is 9.98. The number of pyridine rings is 1. The molecule has 0 saturated carbocycles. The second-order valence-electron chi connectivity index (χ2n) is 2.29. The summed E-state index contributed by atoms with van der Waals surface area (Å²) in [4.78, 5) is 15.1. The van der Waals surface area contributed by atoms with Gasteiger partial charge in [0.1, 0.15) is 0 Å². The summed E-state index contributed by atoms with van der Waals surface area (Å²) in [5.41, 5.74) is 0.925. The summed E-state index contributed by atoms with van der Waals surface area (Å²) in [6.07, 6.45) is 1.55. The fourth-order valence-corrected chi connectivity index (χ4v) is 1.22. The SMILES string of the molecule is CNc1cc(Br)cnc1C(=O)OC. The van der Waals surface area contributed by atoms with E-state index >= 15 is 0 Å². The van der Waals surface area contributed by atoms with E-state index < -0.39 is 5.97 Å². The molecule has 0 saturated heterocycles. The highest BCUT2D eigenvalue weighted by Gasteiger charge is 2.12. The Bertz CT molecular complexity index is 328. The average Bonchev–Trinajstić information content (AvgIpc) is 2.16. The highest BCUT2D eigenvalue weighted by Crippen LogP contribution is 2.18. The minimum absolute atomic E-state index is 0.285. The molecule has 1 N–H and O–H groups in total. The molecule has 1 rings (SSSR count). The van der Waals surface area contributed by atoms with Gasteiger partial charge in [-0.1, -0.05) is 0 Å². The van der Waals surface area contributed by atoms with Crippen molar-refractivity contribution in [2.45, 2.75) is 0 Å². The largest absolute Gasteiger partial charge is 0.464 e. The van der Waals surface area contributed by atoms with Gasteiger partial charge in [0.25, 0.3) is 0 Å². The lowest BCUT2D eigenvalue weighted by atomic mass is 10.3. The Labute approximate surface area is 84.4 Å². The van der Waals surface area contributed by atoms with E-state index in [-0.39, 0.29) is 5.69 Å². The van der Waals surface area contributed by atoms with Crippen LogP contribution in [0.25, 0.3) is 0 Å². The summed E-state index contributed by atoms with van der Waals surface area (Å²) in [5, 5.41) is 2.86. The summed E-state index contributed by atoms with van der Waals surface area (Å²) in [5.74, 6) is -0.447. The van der Waals surface area contributed by atoms with Crippen LogP contribution in [-0.4, -0.2) is 25.1 Å². The van der Waals surface area contributed by atoms with Crippen molar-refractivity contribution in [2.75, 3.05) is 19.5 Å². The van der Waals surface area contributed by atoms with Gasteiger partial charge >= 0.3 is 5.97 Å². The molecule has 1 aromatic rings. The Morgan fingerprint density at radius 1 is 1.69 bits per heavy atom. The Morgan fingerprint density at radius 2 is 2.38 bits per heavy atom. The van der Waals surface area contributed by atoms with Crippen LogP contribution in [0.15, 0.2) is 16.7 Å². The summed E-state index contributed by atoms with van der Waals surface area (Å²) in [6, 6.07) is 1.76. The smallest absolute Gasteiger partial charge is 0.358 e. The van der Waals surface area contributed by atoms with E-state index in [1.807, 2.05) is 0 Å². The molecule has 0 unspecified atom stereocenters. The van der Waals surface area contributed by atoms with E-state index in [9.17, 15) is 4.79 Å². The molecule has 1 heterocycles. The van der Waals surface area contributed by atoms with Gasteiger partial charge in [0, 0.05) is 17.7 Å². The molecule has 0 fully saturated rings. The van der Waals surface area contributed by atoms with Crippen LogP contribution in [0.3, 0.4) is 0 Å².